The number of nitro groups is 1. The van der Waals surface area contributed by atoms with Crippen molar-refractivity contribution in [3.63, 3.8) is 0 Å². The van der Waals surface area contributed by atoms with Crippen molar-refractivity contribution in [3.05, 3.63) is 69.2 Å². The second-order valence-electron chi connectivity index (χ2n) is 5.44. The second-order valence-corrected chi connectivity index (χ2v) is 5.84. The molecule has 0 aliphatic heterocycles. The Balaban J connectivity index is 2.09. The molecule has 1 amide bonds. The Morgan fingerprint density at radius 1 is 1.19 bits per heavy atom. The molecule has 0 aromatic heterocycles. The average molecular weight is 393 g/mol. The Kier molecular flexibility index (Phi) is 7.13. The van der Waals surface area contributed by atoms with Gasteiger partial charge in [0.2, 0.25) is 0 Å². The maximum atomic E-state index is 12.3. The van der Waals surface area contributed by atoms with Gasteiger partial charge in [-0.05, 0) is 17.7 Å². The number of esters is 1. The third-order valence-corrected chi connectivity index (χ3v) is 3.98. The maximum Gasteiger partial charge on any atom is 0.310 e. The van der Waals surface area contributed by atoms with Gasteiger partial charge in [-0.2, -0.15) is 0 Å². The van der Waals surface area contributed by atoms with E-state index in [2.05, 4.69) is 10.1 Å². The van der Waals surface area contributed by atoms with Crippen molar-refractivity contribution in [1.29, 1.82) is 0 Å². The molecule has 0 spiro atoms. The first-order chi connectivity index (χ1) is 12.9. The molecule has 0 fully saturated rings. The van der Waals surface area contributed by atoms with E-state index < -0.39 is 29.4 Å². The van der Waals surface area contributed by atoms with Crippen LogP contribution in [0.2, 0.25) is 5.02 Å². The normalized spacial score (nSPS) is 11.3. The lowest BCUT2D eigenvalue weighted by Gasteiger charge is -2.19. The van der Waals surface area contributed by atoms with Crippen molar-refractivity contribution in [2.75, 3.05) is 13.7 Å². The first kappa shape index (κ1) is 20.2. The van der Waals surface area contributed by atoms with Crippen molar-refractivity contribution in [2.24, 2.45) is 0 Å². The molecule has 2 aromatic carbocycles. The van der Waals surface area contributed by atoms with Crippen LogP contribution in [0.3, 0.4) is 0 Å². The second kappa shape index (κ2) is 9.54. The summed E-state index contributed by atoms with van der Waals surface area (Å²) in [6.07, 6.45) is -0.128. The number of nitrogens with zero attached hydrogens (tertiary/aromatic N) is 1. The summed E-state index contributed by atoms with van der Waals surface area (Å²) in [6, 6.07) is 11.8. The number of amides is 1. The van der Waals surface area contributed by atoms with Crippen molar-refractivity contribution < 1.29 is 24.0 Å². The zero-order chi connectivity index (χ0) is 19.8. The molecule has 1 atom stereocenters. The van der Waals surface area contributed by atoms with Crippen LogP contribution in [-0.2, 0) is 14.3 Å². The average Bonchev–Trinajstić information content (AvgIpc) is 2.66. The van der Waals surface area contributed by atoms with E-state index in [-0.39, 0.29) is 17.9 Å². The van der Waals surface area contributed by atoms with Crippen LogP contribution in [0, 0.1) is 10.1 Å². The van der Waals surface area contributed by atoms with E-state index in [1.807, 2.05) is 0 Å². The summed E-state index contributed by atoms with van der Waals surface area (Å²) in [6.45, 7) is -0.465. The summed E-state index contributed by atoms with van der Waals surface area (Å²) in [5.74, 6) is -1.12. The number of para-hydroxylation sites is 2. The molecule has 0 aliphatic rings. The van der Waals surface area contributed by atoms with Crippen LogP contribution in [0.4, 0.5) is 5.69 Å². The zero-order valence-electron chi connectivity index (χ0n) is 14.4. The molecule has 142 valence electrons. The van der Waals surface area contributed by atoms with E-state index >= 15 is 0 Å². The fourth-order valence-corrected chi connectivity index (χ4v) is 2.62. The molecule has 9 heteroatoms. The predicted octanol–water partition coefficient (Wildman–Crippen LogP) is 3.05. The molecular formula is C18H17ClN2O6. The summed E-state index contributed by atoms with van der Waals surface area (Å²) in [5, 5.41) is 14.0. The number of rotatable bonds is 8. The Labute approximate surface area is 160 Å². The third-order valence-electron chi connectivity index (χ3n) is 3.64. The van der Waals surface area contributed by atoms with E-state index in [0.717, 1.165) is 0 Å². The van der Waals surface area contributed by atoms with Crippen LogP contribution in [0.5, 0.6) is 5.75 Å². The van der Waals surface area contributed by atoms with Crippen molar-refractivity contribution >= 4 is 29.2 Å². The molecule has 0 heterocycles. The summed E-state index contributed by atoms with van der Waals surface area (Å²) < 4.78 is 9.91. The number of hydrogen-bond donors (Lipinski definition) is 1. The van der Waals surface area contributed by atoms with Crippen molar-refractivity contribution in [2.45, 2.75) is 12.5 Å². The topological polar surface area (TPSA) is 108 Å². The van der Waals surface area contributed by atoms with Gasteiger partial charge in [0.1, 0.15) is 0 Å². The first-order valence-electron chi connectivity index (χ1n) is 7.89. The zero-order valence-corrected chi connectivity index (χ0v) is 15.1. The van der Waals surface area contributed by atoms with E-state index in [1.54, 1.807) is 30.3 Å². The number of benzene rings is 2. The molecule has 2 aromatic rings. The Morgan fingerprint density at radius 3 is 2.52 bits per heavy atom. The highest BCUT2D eigenvalue weighted by Crippen LogP contribution is 2.27. The number of methoxy groups -OCH3 is 1. The van der Waals surface area contributed by atoms with Gasteiger partial charge in [-0.15, -0.1) is 0 Å². The third kappa shape index (κ3) is 5.68. The number of nitro benzene ring substituents is 1. The lowest BCUT2D eigenvalue weighted by atomic mass is 10.0. The minimum absolute atomic E-state index is 0.0279. The van der Waals surface area contributed by atoms with Gasteiger partial charge in [-0.25, -0.2) is 0 Å². The lowest BCUT2D eigenvalue weighted by molar-refractivity contribution is -0.385. The fraction of sp³-hybridized carbons (Fsp3) is 0.222. The van der Waals surface area contributed by atoms with Gasteiger partial charge in [-0.3, -0.25) is 19.7 Å². The van der Waals surface area contributed by atoms with E-state index in [4.69, 9.17) is 16.3 Å². The minimum atomic E-state index is -0.729. The Morgan fingerprint density at radius 2 is 1.85 bits per heavy atom. The van der Waals surface area contributed by atoms with E-state index in [9.17, 15) is 19.7 Å². The van der Waals surface area contributed by atoms with Gasteiger partial charge in [0.05, 0.1) is 24.5 Å². The van der Waals surface area contributed by atoms with Gasteiger partial charge in [0, 0.05) is 11.1 Å². The predicted molar refractivity (Wildman–Crippen MR) is 97.6 cm³/mol. The lowest BCUT2D eigenvalue weighted by Crippen LogP contribution is -2.34. The molecule has 0 aliphatic carbocycles. The molecule has 27 heavy (non-hydrogen) atoms. The fourth-order valence-electron chi connectivity index (χ4n) is 2.36. The van der Waals surface area contributed by atoms with Crippen LogP contribution < -0.4 is 10.1 Å². The molecule has 0 saturated heterocycles. The van der Waals surface area contributed by atoms with Gasteiger partial charge in [0.15, 0.2) is 12.4 Å². The molecular weight excluding hydrogens is 376 g/mol. The number of carbonyl (C=O) groups is 2. The SMILES string of the molecule is COC(=O)C[C@@H](NC(=O)COc1ccccc1[N+](=O)[O-])c1ccccc1Cl. The Hall–Kier alpha value is -3.13. The monoisotopic (exact) mass is 392 g/mol. The van der Waals surface area contributed by atoms with Crippen LogP contribution in [-0.4, -0.2) is 30.5 Å². The highest BCUT2D eigenvalue weighted by atomic mass is 35.5. The number of hydrogen-bond acceptors (Lipinski definition) is 6. The van der Waals surface area contributed by atoms with Gasteiger partial charge >= 0.3 is 11.7 Å². The number of nitrogens with one attached hydrogen (secondary N) is 1. The van der Waals surface area contributed by atoms with Crippen molar-refractivity contribution in [1.82, 2.24) is 5.32 Å². The van der Waals surface area contributed by atoms with Gasteiger partial charge in [-0.1, -0.05) is 41.9 Å². The summed E-state index contributed by atoms with van der Waals surface area (Å²) >= 11 is 6.15. The molecule has 0 radical (unpaired) electrons. The maximum absolute atomic E-state index is 12.3. The first-order valence-corrected chi connectivity index (χ1v) is 8.27. The van der Waals surface area contributed by atoms with Crippen molar-refractivity contribution in [3.8, 4) is 5.75 Å². The summed E-state index contributed by atoms with van der Waals surface area (Å²) in [7, 11) is 1.24. The van der Waals surface area contributed by atoms with Crippen LogP contribution in [0.25, 0.3) is 0 Å². The van der Waals surface area contributed by atoms with Gasteiger partial charge in [0.25, 0.3) is 5.91 Å². The standard InChI is InChI=1S/C18H17ClN2O6/c1-26-18(23)10-14(12-6-2-3-7-13(12)19)20-17(22)11-27-16-9-5-4-8-15(16)21(24)25/h2-9,14H,10-11H2,1H3,(H,20,22)/t14-/m1/s1. The molecule has 2 rings (SSSR count). The summed E-state index contributed by atoms with van der Waals surface area (Å²) in [4.78, 5) is 34.3. The number of halogens is 1. The van der Waals surface area contributed by atoms with Crippen LogP contribution in [0.1, 0.15) is 18.0 Å². The van der Waals surface area contributed by atoms with E-state index in [1.165, 1.54) is 25.3 Å². The van der Waals surface area contributed by atoms with Crippen LogP contribution in [0.15, 0.2) is 48.5 Å². The molecule has 8 nitrogen and oxygen atoms in total. The number of ether oxygens (including phenoxy) is 2. The Bertz CT molecular complexity index is 842. The highest BCUT2D eigenvalue weighted by molar-refractivity contribution is 6.31. The summed E-state index contributed by atoms with van der Waals surface area (Å²) in [5.41, 5.74) is 0.297. The molecule has 0 saturated carbocycles. The quantitative estimate of drug-likeness (QED) is 0.420. The molecule has 1 N–H and O–H groups in total. The largest absolute Gasteiger partial charge is 0.477 e. The molecule has 0 unspecified atom stereocenters. The number of carbonyl (C=O) groups excluding carboxylic acids is 2. The molecule has 0 bridgehead atoms. The van der Waals surface area contributed by atoms with Gasteiger partial charge < -0.3 is 14.8 Å². The van der Waals surface area contributed by atoms with E-state index in [0.29, 0.717) is 10.6 Å². The smallest absolute Gasteiger partial charge is 0.310 e. The highest BCUT2D eigenvalue weighted by Gasteiger charge is 2.22. The van der Waals surface area contributed by atoms with Crippen LogP contribution >= 0.6 is 11.6 Å². The minimum Gasteiger partial charge on any atom is -0.477 e.